The molecular weight excluding hydrogens is 276 g/mol. The maximum Gasteiger partial charge on any atom is 0.257 e. The van der Waals surface area contributed by atoms with Crippen molar-refractivity contribution in [2.45, 2.75) is 45.1 Å². The molecule has 1 saturated heterocycles. The first-order valence-electron chi connectivity index (χ1n) is 8.51. The van der Waals surface area contributed by atoms with Crippen LogP contribution in [-0.4, -0.2) is 43.1 Å². The zero-order valence-electron chi connectivity index (χ0n) is 13.4. The number of ether oxygens (including phenoxy) is 1. The van der Waals surface area contributed by atoms with Gasteiger partial charge in [-0.1, -0.05) is 13.0 Å². The number of carbonyl (C=O) groups is 1. The highest BCUT2D eigenvalue weighted by molar-refractivity contribution is 5.77. The van der Waals surface area contributed by atoms with E-state index in [0.29, 0.717) is 6.04 Å². The van der Waals surface area contributed by atoms with Crippen LogP contribution in [0.25, 0.3) is 0 Å². The number of nitrogens with zero attached hydrogens (tertiary/aromatic N) is 1. The van der Waals surface area contributed by atoms with E-state index in [1.165, 1.54) is 36.8 Å². The van der Waals surface area contributed by atoms with E-state index in [-0.39, 0.29) is 12.5 Å². The van der Waals surface area contributed by atoms with Gasteiger partial charge in [-0.15, -0.1) is 0 Å². The Bertz CT molecular complexity index is 530. The van der Waals surface area contributed by atoms with Crippen LogP contribution in [0.4, 0.5) is 0 Å². The van der Waals surface area contributed by atoms with Crippen LogP contribution < -0.4 is 10.1 Å². The Morgan fingerprint density at radius 3 is 3.05 bits per heavy atom. The molecular formula is C18H26N2O2. The summed E-state index contributed by atoms with van der Waals surface area (Å²) in [5, 5.41) is 3.01. The first-order valence-corrected chi connectivity index (χ1v) is 8.51. The molecule has 0 unspecified atom stereocenters. The SMILES string of the molecule is CCN1CCC[C@@H]1CNC(=O)COc1ccc2c(c1)CCC2. The van der Waals surface area contributed by atoms with E-state index in [4.69, 9.17) is 4.74 Å². The normalized spacial score (nSPS) is 20.9. The first kappa shape index (κ1) is 15.3. The number of nitrogens with one attached hydrogen (secondary N) is 1. The van der Waals surface area contributed by atoms with Gasteiger partial charge in [0.15, 0.2) is 6.61 Å². The number of rotatable bonds is 6. The fourth-order valence-corrected chi connectivity index (χ4v) is 3.61. The Morgan fingerprint density at radius 2 is 2.18 bits per heavy atom. The lowest BCUT2D eigenvalue weighted by Gasteiger charge is -2.22. The van der Waals surface area contributed by atoms with Crippen molar-refractivity contribution in [1.82, 2.24) is 10.2 Å². The van der Waals surface area contributed by atoms with Gasteiger partial charge in [-0.2, -0.15) is 0 Å². The molecule has 0 radical (unpaired) electrons. The number of fused-ring (bicyclic) bond motifs is 1. The topological polar surface area (TPSA) is 41.6 Å². The molecule has 1 aromatic rings. The van der Waals surface area contributed by atoms with Crippen molar-refractivity contribution in [2.75, 3.05) is 26.2 Å². The Kier molecular flexibility index (Phi) is 4.98. The average Bonchev–Trinajstić information content (AvgIpc) is 3.18. The molecule has 1 aromatic carbocycles. The van der Waals surface area contributed by atoms with Crippen molar-refractivity contribution in [1.29, 1.82) is 0 Å². The molecule has 0 aromatic heterocycles. The van der Waals surface area contributed by atoms with Gasteiger partial charge in [0.05, 0.1) is 0 Å². The fourth-order valence-electron chi connectivity index (χ4n) is 3.61. The summed E-state index contributed by atoms with van der Waals surface area (Å²) in [7, 11) is 0. The van der Waals surface area contributed by atoms with Crippen LogP contribution in [0.2, 0.25) is 0 Å². The van der Waals surface area contributed by atoms with E-state index in [1.54, 1.807) is 0 Å². The van der Waals surface area contributed by atoms with Gasteiger partial charge in [0, 0.05) is 12.6 Å². The molecule has 1 heterocycles. The second-order valence-electron chi connectivity index (χ2n) is 6.30. The maximum atomic E-state index is 11.9. The predicted octanol–water partition coefficient (Wildman–Crippen LogP) is 2.15. The van der Waals surface area contributed by atoms with E-state index in [9.17, 15) is 4.79 Å². The van der Waals surface area contributed by atoms with Gasteiger partial charge in [0.1, 0.15) is 5.75 Å². The van der Waals surface area contributed by atoms with E-state index < -0.39 is 0 Å². The van der Waals surface area contributed by atoms with Crippen molar-refractivity contribution >= 4 is 5.91 Å². The molecule has 1 atom stereocenters. The lowest BCUT2D eigenvalue weighted by molar-refractivity contribution is -0.123. The number of amides is 1. The molecule has 0 bridgehead atoms. The summed E-state index contributed by atoms with van der Waals surface area (Å²) in [6, 6.07) is 6.69. The molecule has 1 fully saturated rings. The second-order valence-corrected chi connectivity index (χ2v) is 6.30. The number of hydrogen-bond acceptors (Lipinski definition) is 3. The summed E-state index contributed by atoms with van der Waals surface area (Å²) < 4.78 is 5.64. The Balaban J connectivity index is 1.42. The lowest BCUT2D eigenvalue weighted by atomic mass is 10.1. The van der Waals surface area contributed by atoms with Crippen LogP contribution in [0.1, 0.15) is 37.3 Å². The standard InChI is InChI=1S/C18H26N2O2/c1-2-20-10-4-7-16(20)12-19-18(21)13-22-17-9-8-14-5-3-6-15(14)11-17/h8-9,11,16H,2-7,10,12-13H2,1H3,(H,19,21)/t16-/m1/s1. The summed E-state index contributed by atoms with van der Waals surface area (Å²) in [5.41, 5.74) is 2.81. The highest BCUT2D eigenvalue weighted by Gasteiger charge is 2.23. The van der Waals surface area contributed by atoms with Crippen LogP contribution in [0.15, 0.2) is 18.2 Å². The molecule has 0 spiro atoms. The summed E-state index contributed by atoms with van der Waals surface area (Å²) in [6.45, 7) is 5.24. The summed E-state index contributed by atoms with van der Waals surface area (Å²) >= 11 is 0. The monoisotopic (exact) mass is 302 g/mol. The maximum absolute atomic E-state index is 11.9. The Labute approximate surface area is 132 Å². The number of hydrogen-bond donors (Lipinski definition) is 1. The first-order chi connectivity index (χ1) is 10.8. The molecule has 3 rings (SSSR count). The van der Waals surface area contributed by atoms with Crippen LogP contribution in [0, 0.1) is 0 Å². The minimum absolute atomic E-state index is 0.0246. The largest absolute Gasteiger partial charge is 0.484 e. The third kappa shape index (κ3) is 3.61. The van der Waals surface area contributed by atoms with Crippen LogP contribution in [-0.2, 0) is 17.6 Å². The average molecular weight is 302 g/mol. The number of benzene rings is 1. The molecule has 1 amide bonds. The van der Waals surface area contributed by atoms with Gasteiger partial charge < -0.3 is 10.1 Å². The van der Waals surface area contributed by atoms with Crippen LogP contribution in [0.5, 0.6) is 5.75 Å². The number of aryl methyl sites for hydroxylation is 2. The smallest absolute Gasteiger partial charge is 0.257 e. The van der Waals surface area contributed by atoms with Gasteiger partial charge in [-0.3, -0.25) is 9.69 Å². The minimum Gasteiger partial charge on any atom is -0.484 e. The molecule has 1 aliphatic carbocycles. The second kappa shape index (κ2) is 7.14. The molecule has 4 nitrogen and oxygen atoms in total. The molecule has 4 heteroatoms. The molecule has 1 N–H and O–H groups in total. The number of likely N-dealkylation sites (tertiary alicyclic amines) is 1. The van der Waals surface area contributed by atoms with Crippen molar-refractivity contribution in [3.63, 3.8) is 0 Å². The van der Waals surface area contributed by atoms with Crippen LogP contribution >= 0.6 is 0 Å². The minimum atomic E-state index is -0.0246. The predicted molar refractivity (Wildman–Crippen MR) is 87.2 cm³/mol. The molecule has 2 aliphatic rings. The van der Waals surface area contributed by atoms with Crippen molar-refractivity contribution in [3.8, 4) is 5.75 Å². The van der Waals surface area contributed by atoms with Crippen molar-refractivity contribution in [3.05, 3.63) is 29.3 Å². The summed E-state index contributed by atoms with van der Waals surface area (Å²) in [4.78, 5) is 14.4. The quantitative estimate of drug-likeness (QED) is 0.875. The van der Waals surface area contributed by atoms with E-state index in [1.807, 2.05) is 6.07 Å². The summed E-state index contributed by atoms with van der Waals surface area (Å²) in [6.07, 6.45) is 5.95. The molecule has 22 heavy (non-hydrogen) atoms. The van der Waals surface area contributed by atoms with E-state index >= 15 is 0 Å². The van der Waals surface area contributed by atoms with Crippen LogP contribution in [0.3, 0.4) is 0 Å². The Morgan fingerprint density at radius 1 is 1.32 bits per heavy atom. The van der Waals surface area contributed by atoms with Gasteiger partial charge in [-0.05, 0) is 68.5 Å². The highest BCUT2D eigenvalue weighted by Crippen LogP contribution is 2.25. The Hall–Kier alpha value is -1.55. The zero-order chi connectivity index (χ0) is 15.4. The molecule has 1 aliphatic heterocycles. The lowest BCUT2D eigenvalue weighted by Crippen LogP contribution is -2.41. The van der Waals surface area contributed by atoms with E-state index in [0.717, 1.165) is 31.8 Å². The van der Waals surface area contributed by atoms with Crippen molar-refractivity contribution < 1.29 is 9.53 Å². The van der Waals surface area contributed by atoms with Gasteiger partial charge in [0.25, 0.3) is 5.91 Å². The molecule has 0 saturated carbocycles. The number of carbonyl (C=O) groups excluding carboxylic acids is 1. The summed E-state index contributed by atoms with van der Waals surface area (Å²) in [5.74, 6) is 0.787. The van der Waals surface area contributed by atoms with E-state index in [2.05, 4.69) is 29.3 Å². The third-order valence-electron chi connectivity index (χ3n) is 4.88. The number of likely N-dealkylation sites (N-methyl/N-ethyl adjacent to an activating group) is 1. The van der Waals surface area contributed by atoms with Gasteiger partial charge in [0.2, 0.25) is 0 Å². The van der Waals surface area contributed by atoms with Gasteiger partial charge in [-0.25, -0.2) is 0 Å². The third-order valence-corrected chi connectivity index (χ3v) is 4.88. The highest BCUT2D eigenvalue weighted by atomic mass is 16.5. The molecule has 120 valence electrons. The van der Waals surface area contributed by atoms with Gasteiger partial charge >= 0.3 is 0 Å². The van der Waals surface area contributed by atoms with Crippen molar-refractivity contribution in [2.24, 2.45) is 0 Å². The fraction of sp³-hybridized carbons (Fsp3) is 0.611. The zero-order valence-corrected chi connectivity index (χ0v) is 13.4.